The normalized spacial score (nSPS) is 16.6. The monoisotopic (exact) mass is 312 g/mol. The zero-order chi connectivity index (χ0) is 15.1. The van der Waals surface area contributed by atoms with E-state index in [1.807, 2.05) is 0 Å². The molecule has 118 valence electrons. The first-order valence-electron chi connectivity index (χ1n) is 7.52. The van der Waals surface area contributed by atoms with Crippen LogP contribution in [0.4, 0.5) is 5.69 Å². The molecule has 0 heterocycles. The molecule has 0 unspecified atom stereocenters. The molecule has 0 bridgehead atoms. The minimum Gasteiger partial charge on any atom is -0.492 e. The first-order chi connectivity index (χ1) is 10.1. The maximum Gasteiger partial charge on any atom is 0.232 e. The number of rotatable bonds is 7. The Labute approximate surface area is 126 Å². The summed E-state index contributed by atoms with van der Waals surface area (Å²) in [5.41, 5.74) is 5.94. The summed E-state index contributed by atoms with van der Waals surface area (Å²) in [4.78, 5) is 0. The van der Waals surface area contributed by atoms with E-state index >= 15 is 0 Å². The fourth-order valence-corrected chi connectivity index (χ4v) is 4.21. The summed E-state index contributed by atoms with van der Waals surface area (Å²) in [6, 6.07) is 6.91. The number of benzene rings is 1. The Morgan fingerprint density at radius 3 is 2.43 bits per heavy atom. The summed E-state index contributed by atoms with van der Waals surface area (Å²) < 4.78 is 32.3. The number of nitrogens with one attached hydrogen (secondary N) is 1. The van der Waals surface area contributed by atoms with E-state index < -0.39 is 10.0 Å². The highest BCUT2D eigenvalue weighted by molar-refractivity contribution is 7.92. The van der Waals surface area contributed by atoms with Gasteiger partial charge in [0, 0.05) is 12.2 Å². The minimum absolute atomic E-state index is 0.221. The van der Waals surface area contributed by atoms with Crippen LogP contribution in [-0.2, 0) is 10.0 Å². The van der Waals surface area contributed by atoms with E-state index in [0.717, 1.165) is 25.7 Å². The van der Waals surface area contributed by atoms with E-state index in [9.17, 15) is 8.42 Å². The van der Waals surface area contributed by atoms with Crippen molar-refractivity contribution in [3.8, 4) is 5.75 Å². The van der Waals surface area contributed by atoms with Crippen molar-refractivity contribution in [3.05, 3.63) is 24.3 Å². The van der Waals surface area contributed by atoms with Gasteiger partial charge in [0.2, 0.25) is 10.0 Å². The van der Waals surface area contributed by atoms with Gasteiger partial charge in [-0.2, -0.15) is 0 Å². The molecule has 1 saturated carbocycles. The molecule has 1 fully saturated rings. The van der Waals surface area contributed by atoms with Crippen molar-refractivity contribution in [2.24, 2.45) is 11.7 Å². The Morgan fingerprint density at radius 2 is 1.81 bits per heavy atom. The van der Waals surface area contributed by atoms with Crippen molar-refractivity contribution < 1.29 is 13.2 Å². The predicted molar refractivity (Wildman–Crippen MR) is 85.0 cm³/mol. The van der Waals surface area contributed by atoms with Gasteiger partial charge in [-0.1, -0.05) is 19.3 Å². The summed E-state index contributed by atoms with van der Waals surface area (Å²) in [6.07, 6.45) is 5.56. The highest BCUT2D eigenvalue weighted by Gasteiger charge is 2.21. The third-order valence-electron chi connectivity index (χ3n) is 3.69. The van der Waals surface area contributed by atoms with Crippen LogP contribution < -0.4 is 15.2 Å². The Hall–Kier alpha value is -1.27. The number of hydrogen-bond donors (Lipinski definition) is 2. The fraction of sp³-hybridized carbons (Fsp3) is 0.600. The van der Waals surface area contributed by atoms with Gasteiger partial charge in [-0.3, -0.25) is 4.72 Å². The summed E-state index contributed by atoms with van der Waals surface area (Å²) in [7, 11) is -3.27. The zero-order valence-corrected chi connectivity index (χ0v) is 13.1. The van der Waals surface area contributed by atoms with Crippen molar-refractivity contribution in [2.75, 3.05) is 23.6 Å². The van der Waals surface area contributed by atoms with Crippen LogP contribution in [-0.4, -0.2) is 27.3 Å². The summed E-state index contributed by atoms with van der Waals surface area (Å²) in [6.45, 7) is 0.905. The molecular formula is C15H24N2O3S. The molecule has 1 aliphatic rings. The lowest BCUT2D eigenvalue weighted by Gasteiger charge is -2.21. The average molecular weight is 312 g/mol. The zero-order valence-electron chi connectivity index (χ0n) is 12.3. The van der Waals surface area contributed by atoms with Crippen LogP contribution in [0.3, 0.4) is 0 Å². The van der Waals surface area contributed by atoms with Gasteiger partial charge in [0.05, 0.1) is 5.75 Å². The summed E-state index contributed by atoms with van der Waals surface area (Å²) in [5, 5.41) is 0. The Kier molecular flexibility index (Phi) is 5.87. The second-order valence-corrected chi connectivity index (χ2v) is 7.32. The largest absolute Gasteiger partial charge is 0.492 e. The molecule has 0 aromatic heterocycles. The molecule has 2 rings (SSSR count). The van der Waals surface area contributed by atoms with Crippen molar-refractivity contribution in [1.29, 1.82) is 0 Å². The van der Waals surface area contributed by atoms with Gasteiger partial charge in [-0.25, -0.2) is 8.42 Å². The molecular weight excluding hydrogens is 288 g/mol. The lowest BCUT2D eigenvalue weighted by atomic mass is 9.91. The van der Waals surface area contributed by atoms with E-state index in [-0.39, 0.29) is 5.75 Å². The van der Waals surface area contributed by atoms with Crippen molar-refractivity contribution in [2.45, 2.75) is 32.1 Å². The number of ether oxygens (including phenoxy) is 1. The lowest BCUT2D eigenvalue weighted by molar-refractivity contribution is 0.328. The standard InChI is InChI=1S/C15H24N2O3S/c16-10-11-20-15-8-6-14(7-9-15)17-21(18,19)12-13-4-2-1-3-5-13/h6-9,13,17H,1-5,10-12,16H2. The molecule has 0 spiro atoms. The van der Waals surface area contributed by atoms with Gasteiger partial charge in [-0.15, -0.1) is 0 Å². The molecule has 0 saturated heterocycles. The SMILES string of the molecule is NCCOc1ccc(NS(=O)(=O)CC2CCCCC2)cc1. The van der Waals surface area contributed by atoms with Crippen LogP contribution in [0.1, 0.15) is 32.1 Å². The van der Waals surface area contributed by atoms with Crippen LogP contribution in [0.2, 0.25) is 0 Å². The molecule has 21 heavy (non-hydrogen) atoms. The summed E-state index contributed by atoms with van der Waals surface area (Å²) in [5.74, 6) is 1.21. The molecule has 0 aliphatic heterocycles. The third kappa shape index (κ3) is 5.55. The second kappa shape index (κ2) is 7.66. The summed E-state index contributed by atoms with van der Waals surface area (Å²) >= 11 is 0. The van der Waals surface area contributed by atoms with E-state index in [1.54, 1.807) is 24.3 Å². The van der Waals surface area contributed by atoms with Crippen LogP contribution in [0.15, 0.2) is 24.3 Å². The molecule has 3 N–H and O–H groups in total. The van der Waals surface area contributed by atoms with E-state index in [4.69, 9.17) is 10.5 Å². The first-order valence-corrected chi connectivity index (χ1v) is 9.18. The van der Waals surface area contributed by atoms with Gasteiger partial charge < -0.3 is 10.5 Å². The Morgan fingerprint density at radius 1 is 1.14 bits per heavy atom. The number of anilines is 1. The molecule has 1 aromatic rings. The van der Waals surface area contributed by atoms with Crippen LogP contribution in [0.25, 0.3) is 0 Å². The highest BCUT2D eigenvalue weighted by Crippen LogP contribution is 2.25. The molecule has 0 amide bonds. The molecule has 0 radical (unpaired) electrons. The van der Waals surface area contributed by atoms with Gasteiger partial charge in [0.25, 0.3) is 0 Å². The Balaban J connectivity index is 1.89. The van der Waals surface area contributed by atoms with E-state index in [2.05, 4.69) is 4.72 Å². The Bertz CT molecular complexity index is 522. The number of sulfonamides is 1. The van der Waals surface area contributed by atoms with E-state index in [0.29, 0.717) is 30.5 Å². The quantitative estimate of drug-likeness (QED) is 0.809. The van der Waals surface area contributed by atoms with Crippen LogP contribution in [0, 0.1) is 5.92 Å². The van der Waals surface area contributed by atoms with Gasteiger partial charge in [-0.05, 0) is 43.0 Å². The lowest BCUT2D eigenvalue weighted by Crippen LogP contribution is -2.24. The molecule has 1 aliphatic carbocycles. The number of hydrogen-bond acceptors (Lipinski definition) is 4. The van der Waals surface area contributed by atoms with Crippen molar-refractivity contribution in [1.82, 2.24) is 0 Å². The maximum atomic E-state index is 12.2. The van der Waals surface area contributed by atoms with Gasteiger partial charge in [0.15, 0.2) is 0 Å². The maximum absolute atomic E-state index is 12.2. The van der Waals surface area contributed by atoms with Crippen LogP contribution in [0.5, 0.6) is 5.75 Å². The predicted octanol–water partition coefficient (Wildman–Crippen LogP) is 2.35. The minimum atomic E-state index is -3.27. The van der Waals surface area contributed by atoms with Crippen LogP contribution >= 0.6 is 0 Å². The van der Waals surface area contributed by atoms with Gasteiger partial charge >= 0.3 is 0 Å². The second-order valence-electron chi connectivity index (χ2n) is 5.55. The van der Waals surface area contributed by atoms with Crippen molar-refractivity contribution in [3.63, 3.8) is 0 Å². The molecule has 5 nitrogen and oxygen atoms in total. The molecule has 1 aromatic carbocycles. The molecule has 6 heteroatoms. The topological polar surface area (TPSA) is 81.4 Å². The average Bonchev–Trinajstić information content (AvgIpc) is 2.47. The first kappa shape index (κ1) is 16.1. The number of nitrogens with two attached hydrogens (primary N) is 1. The van der Waals surface area contributed by atoms with Crippen molar-refractivity contribution >= 4 is 15.7 Å². The van der Waals surface area contributed by atoms with Gasteiger partial charge in [0.1, 0.15) is 12.4 Å². The third-order valence-corrected chi connectivity index (χ3v) is 5.15. The molecule has 0 atom stereocenters. The highest BCUT2D eigenvalue weighted by atomic mass is 32.2. The fourth-order valence-electron chi connectivity index (χ4n) is 2.68. The smallest absolute Gasteiger partial charge is 0.232 e. The van der Waals surface area contributed by atoms with E-state index in [1.165, 1.54) is 6.42 Å².